The molecule has 1 heterocycles. The molecule has 0 saturated carbocycles. The number of rotatable bonds is 3. The fraction of sp³-hybridized carbons (Fsp3) is 0.462. The molecule has 5 nitrogen and oxygen atoms in total. The number of carbonyl (C=O) groups is 1. The minimum Gasteiger partial charge on any atom is -0.465 e. The van der Waals surface area contributed by atoms with Crippen molar-refractivity contribution >= 4 is 17.3 Å². The fourth-order valence-electron chi connectivity index (χ4n) is 1.97. The van der Waals surface area contributed by atoms with E-state index >= 15 is 0 Å². The highest BCUT2D eigenvalue weighted by atomic mass is 16.5. The van der Waals surface area contributed by atoms with E-state index in [9.17, 15) is 4.79 Å². The van der Waals surface area contributed by atoms with Crippen LogP contribution in [0.2, 0.25) is 0 Å². The predicted molar refractivity (Wildman–Crippen MR) is 69.6 cm³/mol. The zero-order valence-electron chi connectivity index (χ0n) is 10.6. The molecule has 0 amide bonds. The minimum atomic E-state index is -0.367. The number of ether oxygens (including phenoxy) is 2. The zero-order valence-corrected chi connectivity index (χ0v) is 10.6. The quantitative estimate of drug-likeness (QED) is 0.628. The van der Waals surface area contributed by atoms with E-state index in [0.717, 1.165) is 12.3 Å². The van der Waals surface area contributed by atoms with Gasteiger partial charge in [-0.15, -0.1) is 0 Å². The maximum Gasteiger partial charge on any atom is 0.337 e. The molecule has 98 valence electrons. The van der Waals surface area contributed by atoms with Crippen LogP contribution in [0.1, 0.15) is 17.3 Å². The molecule has 1 aliphatic rings. The van der Waals surface area contributed by atoms with E-state index in [2.05, 4.69) is 12.2 Å². The largest absolute Gasteiger partial charge is 0.465 e. The Hall–Kier alpha value is -1.75. The Morgan fingerprint density at radius 3 is 2.89 bits per heavy atom. The Kier molecular flexibility index (Phi) is 3.72. The molecule has 3 N–H and O–H groups in total. The van der Waals surface area contributed by atoms with Crippen LogP contribution < -0.4 is 11.1 Å². The molecule has 5 heteroatoms. The number of carbonyl (C=O) groups excluding carboxylic acids is 1. The van der Waals surface area contributed by atoms with E-state index in [1.54, 1.807) is 18.2 Å². The van der Waals surface area contributed by atoms with E-state index in [-0.39, 0.29) is 12.0 Å². The number of nitrogens with one attached hydrogen (secondary N) is 1. The van der Waals surface area contributed by atoms with Gasteiger partial charge in [0.25, 0.3) is 0 Å². The fourth-order valence-corrected chi connectivity index (χ4v) is 1.97. The van der Waals surface area contributed by atoms with Crippen molar-refractivity contribution in [2.24, 2.45) is 5.92 Å². The van der Waals surface area contributed by atoms with Gasteiger partial charge >= 0.3 is 5.97 Å². The number of nitrogen functional groups attached to an aromatic ring is 1. The molecule has 18 heavy (non-hydrogen) atoms. The number of hydrogen-bond donors (Lipinski definition) is 2. The first-order chi connectivity index (χ1) is 8.61. The van der Waals surface area contributed by atoms with Crippen molar-refractivity contribution < 1.29 is 14.3 Å². The Bertz CT molecular complexity index is 448. The minimum absolute atomic E-state index is 0.222. The van der Waals surface area contributed by atoms with Crippen molar-refractivity contribution in [3.63, 3.8) is 0 Å². The van der Waals surface area contributed by atoms with Crippen molar-refractivity contribution in [1.29, 1.82) is 0 Å². The second kappa shape index (κ2) is 5.27. The lowest BCUT2D eigenvalue weighted by atomic mass is 10.1. The lowest BCUT2D eigenvalue weighted by Gasteiger charge is -2.18. The number of esters is 1. The van der Waals surface area contributed by atoms with Crippen molar-refractivity contribution in [1.82, 2.24) is 0 Å². The maximum absolute atomic E-state index is 11.5. The third-order valence-corrected chi connectivity index (χ3v) is 3.18. The standard InChI is InChI=1S/C13H18N2O3/c1-8-6-18-7-12(8)15-11-5-9(13(16)17-2)3-4-10(11)14/h3-5,8,12,15H,6-7,14H2,1-2H3/t8-,12?/m1/s1. The molecule has 1 unspecified atom stereocenters. The Balaban J connectivity index is 2.18. The molecular weight excluding hydrogens is 232 g/mol. The number of methoxy groups -OCH3 is 1. The van der Waals surface area contributed by atoms with E-state index < -0.39 is 0 Å². The first-order valence-electron chi connectivity index (χ1n) is 5.94. The van der Waals surface area contributed by atoms with Gasteiger partial charge in [0.2, 0.25) is 0 Å². The van der Waals surface area contributed by atoms with Gasteiger partial charge in [-0.3, -0.25) is 0 Å². The molecular formula is C13H18N2O3. The summed E-state index contributed by atoms with van der Waals surface area (Å²) in [4.78, 5) is 11.5. The van der Waals surface area contributed by atoms with Gasteiger partial charge in [-0.05, 0) is 18.2 Å². The first kappa shape index (κ1) is 12.7. The average Bonchev–Trinajstić information content (AvgIpc) is 2.77. The van der Waals surface area contributed by atoms with Crippen LogP contribution in [0.3, 0.4) is 0 Å². The van der Waals surface area contributed by atoms with Crippen LogP contribution in [-0.4, -0.2) is 32.3 Å². The monoisotopic (exact) mass is 250 g/mol. The van der Waals surface area contributed by atoms with Gasteiger partial charge in [-0.2, -0.15) is 0 Å². The van der Waals surface area contributed by atoms with Crippen LogP contribution in [0.4, 0.5) is 11.4 Å². The lowest BCUT2D eigenvalue weighted by Crippen LogP contribution is -2.26. The highest BCUT2D eigenvalue weighted by Gasteiger charge is 2.24. The smallest absolute Gasteiger partial charge is 0.337 e. The van der Waals surface area contributed by atoms with Gasteiger partial charge in [-0.1, -0.05) is 6.92 Å². The van der Waals surface area contributed by atoms with Crippen molar-refractivity contribution in [2.45, 2.75) is 13.0 Å². The van der Waals surface area contributed by atoms with Crippen LogP contribution in [0.15, 0.2) is 18.2 Å². The SMILES string of the molecule is COC(=O)c1ccc(N)c(NC2COC[C@H]2C)c1. The predicted octanol–water partition coefficient (Wildman–Crippen LogP) is 1.50. The summed E-state index contributed by atoms with van der Waals surface area (Å²) in [5, 5.41) is 3.32. The molecule has 1 saturated heterocycles. The van der Waals surface area contributed by atoms with Gasteiger partial charge < -0.3 is 20.5 Å². The third-order valence-electron chi connectivity index (χ3n) is 3.18. The molecule has 1 aromatic rings. The number of hydrogen-bond acceptors (Lipinski definition) is 5. The van der Waals surface area contributed by atoms with Gasteiger partial charge in [0, 0.05) is 5.92 Å². The number of benzene rings is 1. The second-order valence-electron chi connectivity index (χ2n) is 4.56. The Morgan fingerprint density at radius 2 is 2.28 bits per heavy atom. The zero-order chi connectivity index (χ0) is 13.1. The summed E-state index contributed by atoms with van der Waals surface area (Å²) >= 11 is 0. The lowest BCUT2D eigenvalue weighted by molar-refractivity contribution is 0.0601. The van der Waals surface area contributed by atoms with Gasteiger partial charge in [0.1, 0.15) is 0 Å². The molecule has 1 aromatic carbocycles. The van der Waals surface area contributed by atoms with E-state index in [0.29, 0.717) is 23.8 Å². The first-order valence-corrected chi connectivity index (χ1v) is 5.94. The summed E-state index contributed by atoms with van der Waals surface area (Å²) < 4.78 is 10.1. The molecule has 2 rings (SSSR count). The molecule has 2 atom stereocenters. The Morgan fingerprint density at radius 1 is 1.50 bits per heavy atom. The second-order valence-corrected chi connectivity index (χ2v) is 4.56. The van der Waals surface area contributed by atoms with Gasteiger partial charge in [-0.25, -0.2) is 4.79 Å². The number of anilines is 2. The molecule has 0 aliphatic carbocycles. The molecule has 1 aliphatic heterocycles. The van der Waals surface area contributed by atoms with Crippen LogP contribution in [-0.2, 0) is 9.47 Å². The van der Waals surface area contributed by atoms with Crippen LogP contribution in [0.25, 0.3) is 0 Å². The van der Waals surface area contributed by atoms with Crippen LogP contribution >= 0.6 is 0 Å². The van der Waals surface area contributed by atoms with Crippen LogP contribution in [0, 0.1) is 5.92 Å². The molecule has 0 radical (unpaired) electrons. The van der Waals surface area contributed by atoms with Crippen molar-refractivity contribution in [2.75, 3.05) is 31.4 Å². The van der Waals surface area contributed by atoms with E-state index in [4.69, 9.17) is 15.2 Å². The highest BCUT2D eigenvalue weighted by molar-refractivity contribution is 5.92. The Labute approximate surface area is 106 Å². The van der Waals surface area contributed by atoms with Crippen LogP contribution in [0.5, 0.6) is 0 Å². The summed E-state index contributed by atoms with van der Waals surface area (Å²) in [5.41, 5.74) is 7.75. The summed E-state index contributed by atoms with van der Waals surface area (Å²) in [5.74, 6) is 0.0555. The molecule has 1 fully saturated rings. The van der Waals surface area contributed by atoms with E-state index in [1.807, 2.05) is 0 Å². The highest BCUT2D eigenvalue weighted by Crippen LogP contribution is 2.25. The van der Waals surface area contributed by atoms with Crippen molar-refractivity contribution in [3.8, 4) is 0 Å². The van der Waals surface area contributed by atoms with E-state index in [1.165, 1.54) is 7.11 Å². The third kappa shape index (κ3) is 2.56. The maximum atomic E-state index is 11.5. The molecule has 0 spiro atoms. The summed E-state index contributed by atoms with van der Waals surface area (Å²) in [6.45, 7) is 3.52. The van der Waals surface area contributed by atoms with Gasteiger partial charge in [0.15, 0.2) is 0 Å². The normalized spacial score (nSPS) is 22.8. The molecule has 0 aromatic heterocycles. The van der Waals surface area contributed by atoms with Gasteiger partial charge in [0.05, 0.1) is 43.3 Å². The summed E-state index contributed by atoms with van der Waals surface area (Å²) in [6, 6.07) is 5.29. The van der Waals surface area contributed by atoms with Crippen molar-refractivity contribution in [3.05, 3.63) is 23.8 Å². The number of nitrogens with two attached hydrogens (primary N) is 1. The molecule has 0 bridgehead atoms. The average molecular weight is 250 g/mol. The topological polar surface area (TPSA) is 73.6 Å². The summed E-state index contributed by atoms with van der Waals surface area (Å²) in [7, 11) is 1.36. The summed E-state index contributed by atoms with van der Waals surface area (Å²) in [6.07, 6.45) is 0.